The quantitative estimate of drug-likeness (QED) is 0.752. The molecule has 0 spiro atoms. The van der Waals surface area contributed by atoms with E-state index >= 15 is 0 Å². The second-order valence-electron chi connectivity index (χ2n) is 6.33. The van der Waals surface area contributed by atoms with Crippen LogP contribution < -0.4 is 14.4 Å². The van der Waals surface area contributed by atoms with Crippen LogP contribution in [0.2, 0.25) is 0 Å². The van der Waals surface area contributed by atoms with Crippen LogP contribution >= 0.6 is 0 Å². The smallest absolute Gasteiger partial charge is 0.241 e. The molecule has 0 radical (unpaired) electrons. The minimum absolute atomic E-state index is 0.234. The number of ether oxygens (including phenoxy) is 1. The molecule has 2 aromatic carbocycles. The molecule has 0 unspecified atom stereocenters. The Balaban J connectivity index is 2.16. The lowest BCUT2D eigenvalue weighted by Crippen LogP contribution is -2.41. The fourth-order valence-electron chi connectivity index (χ4n) is 2.76. The Morgan fingerprint density at radius 1 is 1.15 bits per heavy atom. The van der Waals surface area contributed by atoms with Gasteiger partial charge in [-0.3, -0.25) is 9.10 Å². The molecule has 0 aromatic heterocycles. The van der Waals surface area contributed by atoms with Gasteiger partial charge in [-0.15, -0.1) is 0 Å². The zero-order chi connectivity index (χ0) is 20.0. The van der Waals surface area contributed by atoms with Crippen molar-refractivity contribution >= 4 is 21.6 Å². The van der Waals surface area contributed by atoms with Gasteiger partial charge in [-0.1, -0.05) is 43.3 Å². The summed E-state index contributed by atoms with van der Waals surface area (Å²) in [5.74, 6) is -0.00247. The van der Waals surface area contributed by atoms with Crippen LogP contribution in [0.25, 0.3) is 0 Å². The molecule has 1 atom stereocenters. The highest BCUT2D eigenvalue weighted by Gasteiger charge is 2.24. The molecule has 0 aliphatic heterocycles. The van der Waals surface area contributed by atoms with Crippen molar-refractivity contribution in [3.63, 3.8) is 0 Å². The van der Waals surface area contributed by atoms with Crippen molar-refractivity contribution in [3.05, 3.63) is 59.7 Å². The standard InChI is InChI=1S/C20H26N2O4S/c1-5-16-10-12-17(13-11-16)15(2)21-20(23)14-22(27(4,24)25)18-8-6-7-9-19(18)26-3/h6-13,15H,5,14H2,1-4H3,(H,21,23)/t15-/m1/s1. The van der Waals surface area contributed by atoms with E-state index in [-0.39, 0.29) is 12.6 Å². The fourth-order valence-corrected chi connectivity index (χ4v) is 3.62. The van der Waals surface area contributed by atoms with E-state index < -0.39 is 15.9 Å². The third-order valence-corrected chi connectivity index (χ3v) is 5.43. The number of rotatable bonds is 8. The van der Waals surface area contributed by atoms with Crippen LogP contribution in [0.4, 0.5) is 5.69 Å². The Labute approximate surface area is 161 Å². The molecule has 0 heterocycles. The van der Waals surface area contributed by atoms with Gasteiger partial charge < -0.3 is 10.1 Å². The van der Waals surface area contributed by atoms with Gasteiger partial charge in [-0.2, -0.15) is 0 Å². The van der Waals surface area contributed by atoms with Gasteiger partial charge in [0.2, 0.25) is 15.9 Å². The molecule has 1 N–H and O–H groups in total. The molecular weight excluding hydrogens is 364 g/mol. The SMILES string of the molecule is CCc1ccc([C@@H](C)NC(=O)CN(c2ccccc2OC)S(C)(=O)=O)cc1. The number of carbonyl (C=O) groups excluding carboxylic acids is 1. The number of hydrogen-bond acceptors (Lipinski definition) is 4. The summed E-state index contributed by atoms with van der Waals surface area (Å²) >= 11 is 0. The lowest BCUT2D eigenvalue weighted by molar-refractivity contribution is -0.120. The van der Waals surface area contributed by atoms with E-state index in [0.29, 0.717) is 11.4 Å². The van der Waals surface area contributed by atoms with E-state index in [4.69, 9.17) is 4.74 Å². The number of hydrogen-bond donors (Lipinski definition) is 1. The number of nitrogens with zero attached hydrogens (tertiary/aromatic N) is 1. The molecular formula is C20H26N2O4S. The topological polar surface area (TPSA) is 75.7 Å². The average Bonchev–Trinajstić information content (AvgIpc) is 2.65. The number of aryl methyl sites for hydroxylation is 1. The van der Waals surface area contributed by atoms with E-state index in [9.17, 15) is 13.2 Å². The van der Waals surface area contributed by atoms with Gasteiger partial charge in [0.1, 0.15) is 12.3 Å². The van der Waals surface area contributed by atoms with Crippen molar-refractivity contribution in [1.82, 2.24) is 5.32 Å². The van der Waals surface area contributed by atoms with Crippen LogP contribution in [0, 0.1) is 0 Å². The Morgan fingerprint density at radius 3 is 2.33 bits per heavy atom. The number of amides is 1. The normalized spacial score (nSPS) is 12.3. The summed E-state index contributed by atoms with van der Waals surface area (Å²) in [6, 6.07) is 14.5. The van der Waals surface area contributed by atoms with E-state index in [0.717, 1.165) is 22.5 Å². The molecule has 0 bridgehead atoms. The van der Waals surface area contributed by atoms with Crippen LogP contribution in [0.5, 0.6) is 5.75 Å². The van der Waals surface area contributed by atoms with Crippen LogP contribution in [0.3, 0.4) is 0 Å². The molecule has 0 aliphatic rings. The van der Waals surface area contributed by atoms with Crippen molar-refractivity contribution in [2.75, 3.05) is 24.2 Å². The number of sulfonamides is 1. The van der Waals surface area contributed by atoms with Crippen LogP contribution in [0.1, 0.15) is 31.0 Å². The predicted octanol–water partition coefficient (Wildman–Crippen LogP) is 2.90. The molecule has 0 saturated heterocycles. The van der Waals surface area contributed by atoms with Gasteiger partial charge in [0, 0.05) is 0 Å². The first-order chi connectivity index (χ1) is 12.8. The van der Waals surface area contributed by atoms with Crippen LogP contribution in [-0.4, -0.2) is 34.2 Å². The van der Waals surface area contributed by atoms with Crippen molar-refractivity contribution in [2.45, 2.75) is 26.3 Å². The highest BCUT2D eigenvalue weighted by molar-refractivity contribution is 7.92. The minimum atomic E-state index is -3.66. The molecule has 1 amide bonds. The van der Waals surface area contributed by atoms with Crippen LogP contribution in [0.15, 0.2) is 48.5 Å². The summed E-state index contributed by atoms with van der Waals surface area (Å²) in [4.78, 5) is 12.5. The molecule has 6 nitrogen and oxygen atoms in total. The maximum Gasteiger partial charge on any atom is 0.241 e. The second-order valence-corrected chi connectivity index (χ2v) is 8.23. The second kappa shape index (κ2) is 8.90. The first kappa shape index (κ1) is 20.8. The van der Waals surface area contributed by atoms with Crippen molar-refractivity contribution in [1.29, 1.82) is 0 Å². The summed E-state index contributed by atoms with van der Waals surface area (Å²) < 4.78 is 30.8. The van der Waals surface area contributed by atoms with Crippen molar-refractivity contribution in [3.8, 4) is 5.75 Å². The first-order valence-electron chi connectivity index (χ1n) is 8.75. The fraction of sp³-hybridized carbons (Fsp3) is 0.350. The molecule has 2 rings (SSSR count). The third-order valence-electron chi connectivity index (χ3n) is 4.31. The van der Waals surface area contributed by atoms with E-state index in [1.54, 1.807) is 24.3 Å². The molecule has 7 heteroatoms. The lowest BCUT2D eigenvalue weighted by atomic mass is 10.1. The molecule has 2 aromatic rings. The van der Waals surface area contributed by atoms with Crippen molar-refractivity contribution < 1.29 is 17.9 Å². The molecule has 0 aliphatic carbocycles. The predicted molar refractivity (Wildman–Crippen MR) is 108 cm³/mol. The third kappa shape index (κ3) is 5.47. The Bertz CT molecular complexity index is 879. The van der Waals surface area contributed by atoms with E-state index in [1.165, 1.54) is 12.7 Å². The lowest BCUT2D eigenvalue weighted by Gasteiger charge is -2.24. The first-order valence-corrected chi connectivity index (χ1v) is 10.6. The largest absolute Gasteiger partial charge is 0.495 e. The van der Waals surface area contributed by atoms with Gasteiger partial charge in [-0.05, 0) is 36.6 Å². The Kier molecular flexibility index (Phi) is 6.85. The summed E-state index contributed by atoms with van der Waals surface area (Å²) in [6.45, 7) is 3.63. The van der Waals surface area contributed by atoms with E-state index in [2.05, 4.69) is 12.2 Å². The van der Waals surface area contributed by atoms with E-state index in [1.807, 2.05) is 31.2 Å². The van der Waals surface area contributed by atoms with Gasteiger partial charge in [0.05, 0.1) is 25.1 Å². The number of para-hydroxylation sites is 2. The monoisotopic (exact) mass is 390 g/mol. The molecule has 27 heavy (non-hydrogen) atoms. The number of benzene rings is 2. The van der Waals surface area contributed by atoms with Gasteiger partial charge in [0.25, 0.3) is 0 Å². The number of methoxy groups -OCH3 is 1. The summed E-state index contributed by atoms with van der Waals surface area (Å²) in [5.41, 5.74) is 2.51. The van der Waals surface area contributed by atoms with Gasteiger partial charge in [0.15, 0.2) is 0 Å². The summed E-state index contributed by atoms with van der Waals surface area (Å²) in [6.07, 6.45) is 2.02. The maximum absolute atomic E-state index is 12.5. The molecule has 146 valence electrons. The average molecular weight is 391 g/mol. The number of nitrogens with one attached hydrogen (secondary N) is 1. The minimum Gasteiger partial charge on any atom is -0.495 e. The highest BCUT2D eigenvalue weighted by Crippen LogP contribution is 2.29. The van der Waals surface area contributed by atoms with Gasteiger partial charge in [-0.25, -0.2) is 8.42 Å². The Morgan fingerprint density at radius 2 is 1.78 bits per heavy atom. The summed E-state index contributed by atoms with van der Waals surface area (Å²) in [5, 5.41) is 2.86. The zero-order valence-corrected chi connectivity index (χ0v) is 16.9. The highest BCUT2D eigenvalue weighted by atomic mass is 32.2. The molecule has 0 fully saturated rings. The molecule has 0 saturated carbocycles. The van der Waals surface area contributed by atoms with Crippen molar-refractivity contribution in [2.24, 2.45) is 0 Å². The summed E-state index contributed by atoms with van der Waals surface area (Å²) in [7, 11) is -2.20. The number of carbonyl (C=O) groups is 1. The maximum atomic E-state index is 12.5. The Hall–Kier alpha value is -2.54. The zero-order valence-electron chi connectivity index (χ0n) is 16.1. The number of anilines is 1. The van der Waals surface area contributed by atoms with Gasteiger partial charge >= 0.3 is 0 Å². The van der Waals surface area contributed by atoms with Crippen LogP contribution in [-0.2, 0) is 21.2 Å².